The summed E-state index contributed by atoms with van der Waals surface area (Å²) in [4.78, 5) is 5.77. The molecule has 0 bridgehead atoms. The Morgan fingerprint density at radius 3 is 2.88 bits per heavy atom. The monoisotopic (exact) mass is 311 g/mol. The highest BCUT2D eigenvalue weighted by Crippen LogP contribution is 2.36. The summed E-state index contributed by atoms with van der Waals surface area (Å²) in [5.74, 6) is 0. The smallest absolute Gasteiger partial charge is 0.127 e. The third-order valence-electron chi connectivity index (χ3n) is 2.12. The Morgan fingerprint density at radius 2 is 2.19 bits per heavy atom. The molecule has 16 heavy (non-hydrogen) atoms. The maximum absolute atomic E-state index is 5.05. The fourth-order valence-corrected chi connectivity index (χ4v) is 3.78. The molecule has 80 valence electrons. The van der Waals surface area contributed by atoms with Crippen molar-refractivity contribution in [3.8, 4) is 21.1 Å². The highest BCUT2D eigenvalue weighted by molar-refractivity contribution is 9.10. The van der Waals surface area contributed by atoms with Crippen LogP contribution in [0.2, 0.25) is 0 Å². The highest BCUT2D eigenvalue weighted by atomic mass is 79.9. The molecule has 5 heteroatoms. The number of halogens is 1. The number of rotatable bonds is 2. The molecule has 2 nitrogen and oxygen atoms in total. The molecule has 0 saturated heterocycles. The van der Waals surface area contributed by atoms with Crippen molar-refractivity contribution in [2.24, 2.45) is 0 Å². The molecule has 0 spiro atoms. The van der Waals surface area contributed by atoms with Gasteiger partial charge in [0, 0.05) is 15.4 Å². The molecule has 3 aromatic rings. The number of thiazole rings is 1. The molecular weight excluding hydrogens is 306 g/mol. The summed E-state index contributed by atoms with van der Waals surface area (Å²) in [6, 6.07) is 3.96. The van der Waals surface area contributed by atoms with Gasteiger partial charge in [-0.25, -0.2) is 4.98 Å². The molecule has 0 aromatic carbocycles. The van der Waals surface area contributed by atoms with Gasteiger partial charge in [-0.3, -0.25) is 0 Å². The lowest BCUT2D eigenvalue weighted by molar-refractivity contribution is 0.568. The van der Waals surface area contributed by atoms with E-state index >= 15 is 0 Å². The maximum Gasteiger partial charge on any atom is 0.127 e. The first-order valence-corrected chi connectivity index (χ1v) is 7.11. The minimum Gasteiger partial charge on any atom is -0.472 e. The van der Waals surface area contributed by atoms with Crippen molar-refractivity contribution < 1.29 is 4.42 Å². The van der Waals surface area contributed by atoms with Crippen LogP contribution >= 0.6 is 38.6 Å². The average Bonchev–Trinajstić information content (AvgIpc) is 2.96. The van der Waals surface area contributed by atoms with Crippen molar-refractivity contribution >= 4 is 38.6 Å². The number of hydrogen-bond acceptors (Lipinski definition) is 4. The highest BCUT2D eigenvalue weighted by Gasteiger charge is 2.10. The van der Waals surface area contributed by atoms with Crippen LogP contribution in [0.3, 0.4) is 0 Å². The number of thiophene rings is 1. The van der Waals surface area contributed by atoms with Crippen LogP contribution in [0.5, 0.6) is 0 Å². The number of aromatic nitrogens is 1. The van der Waals surface area contributed by atoms with Crippen LogP contribution in [0.25, 0.3) is 21.1 Å². The molecule has 0 atom stereocenters. The van der Waals surface area contributed by atoms with Gasteiger partial charge in [-0.05, 0) is 33.4 Å². The molecule has 0 fully saturated rings. The van der Waals surface area contributed by atoms with Crippen molar-refractivity contribution in [1.29, 1.82) is 0 Å². The lowest BCUT2D eigenvalue weighted by Gasteiger charge is -1.91. The zero-order chi connectivity index (χ0) is 11.0. The van der Waals surface area contributed by atoms with Gasteiger partial charge >= 0.3 is 0 Å². The summed E-state index contributed by atoms with van der Waals surface area (Å²) in [5.41, 5.74) is 2.05. The summed E-state index contributed by atoms with van der Waals surface area (Å²) in [6.45, 7) is 0. The van der Waals surface area contributed by atoms with Crippen molar-refractivity contribution in [3.05, 3.63) is 39.9 Å². The maximum atomic E-state index is 5.05. The van der Waals surface area contributed by atoms with Gasteiger partial charge in [0.1, 0.15) is 11.3 Å². The van der Waals surface area contributed by atoms with Gasteiger partial charge < -0.3 is 4.42 Å². The molecular formula is C11H6BrNOS2. The van der Waals surface area contributed by atoms with E-state index < -0.39 is 0 Å². The van der Waals surface area contributed by atoms with Crippen molar-refractivity contribution in [3.63, 3.8) is 0 Å². The topological polar surface area (TPSA) is 26.0 Å². The molecule has 0 saturated carbocycles. The van der Waals surface area contributed by atoms with Crippen LogP contribution in [-0.4, -0.2) is 4.98 Å². The predicted molar refractivity (Wildman–Crippen MR) is 70.8 cm³/mol. The molecule has 3 rings (SSSR count). The quantitative estimate of drug-likeness (QED) is 0.673. The Bertz CT molecular complexity index is 597. The van der Waals surface area contributed by atoms with Gasteiger partial charge in [-0.1, -0.05) is 0 Å². The second-order valence-corrected chi connectivity index (χ2v) is 5.78. The Labute approximate surface area is 109 Å². The van der Waals surface area contributed by atoms with Crippen LogP contribution in [0.15, 0.2) is 44.3 Å². The molecule has 0 N–H and O–H groups in total. The molecule has 3 heterocycles. The fourth-order valence-electron chi connectivity index (χ4n) is 1.37. The second kappa shape index (κ2) is 4.16. The van der Waals surface area contributed by atoms with Gasteiger partial charge in [0.25, 0.3) is 0 Å². The molecule has 0 unspecified atom stereocenters. The van der Waals surface area contributed by atoms with Crippen LogP contribution in [0.1, 0.15) is 0 Å². The fraction of sp³-hybridized carbons (Fsp3) is 0. The molecule has 0 amide bonds. The zero-order valence-electron chi connectivity index (χ0n) is 8.01. The molecule has 0 radical (unpaired) electrons. The SMILES string of the molecule is Brc1ccsc1-c1csc(-c2ccoc2)n1. The van der Waals surface area contributed by atoms with E-state index in [1.54, 1.807) is 35.2 Å². The molecule has 0 aliphatic heterocycles. The van der Waals surface area contributed by atoms with Gasteiger partial charge in [-0.15, -0.1) is 22.7 Å². The van der Waals surface area contributed by atoms with Crippen LogP contribution in [0.4, 0.5) is 0 Å². The summed E-state index contributed by atoms with van der Waals surface area (Å²) < 4.78 is 6.15. The lowest BCUT2D eigenvalue weighted by Crippen LogP contribution is -1.74. The Morgan fingerprint density at radius 1 is 1.25 bits per heavy atom. The first kappa shape index (κ1) is 10.3. The second-order valence-electron chi connectivity index (χ2n) is 3.15. The summed E-state index contributed by atoms with van der Waals surface area (Å²) in [6.07, 6.45) is 3.38. The van der Waals surface area contributed by atoms with Crippen LogP contribution in [-0.2, 0) is 0 Å². The standard InChI is InChI=1S/C11H6BrNOS2/c12-8-2-4-15-10(8)9-6-16-11(13-9)7-1-3-14-5-7/h1-6H. The number of furan rings is 1. The van der Waals surface area contributed by atoms with Crippen LogP contribution < -0.4 is 0 Å². The average molecular weight is 312 g/mol. The van der Waals surface area contributed by atoms with E-state index in [1.807, 2.05) is 12.1 Å². The number of hydrogen-bond donors (Lipinski definition) is 0. The lowest BCUT2D eigenvalue weighted by atomic mass is 10.3. The van der Waals surface area contributed by atoms with E-state index in [0.29, 0.717) is 0 Å². The van der Waals surface area contributed by atoms with Gasteiger partial charge in [0.05, 0.1) is 16.8 Å². The third-order valence-corrected chi connectivity index (χ3v) is 4.87. The zero-order valence-corrected chi connectivity index (χ0v) is 11.2. The van der Waals surface area contributed by atoms with Crippen molar-refractivity contribution in [2.45, 2.75) is 0 Å². The van der Waals surface area contributed by atoms with Crippen molar-refractivity contribution in [2.75, 3.05) is 0 Å². The van der Waals surface area contributed by atoms with E-state index in [9.17, 15) is 0 Å². The molecule has 0 aliphatic rings. The van der Waals surface area contributed by atoms with Crippen molar-refractivity contribution in [1.82, 2.24) is 4.98 Å². The van der Waals surface area contributed by atoms with E-state index in [-0.39, 0.29) is 0 Å². The van der Waals surface area contributed by atoms with E-state index in [0.717, 1.165) is 20.7 Å². The minimum absolute atomic E-state index is 0.990. The molecule has 3 aromatic heterocycles. The van der Waals surface area contributed by atoms with Crippen LogP contribution in [0, 0.1) is 0 Å². The van der Waals surface area contributed by atoms with Gasteiger partial charge in [0.15, 0.2) is 0 Å². The number of nitrogens with zero attached hydrogens (tertiary/aromatic N) is 1. The largest absolute Gasteiger partial charge is 0.472 e. The molecule has 0 aliphatic carbocycles. The van der Waals surface area contributed by atoms with E-state index in [1.165, 1.54) is 4.88 Å². The van der Waals surface area contributed by atoms with E-state index in [4.69, 9.17) is 4.42 Å². The first-order valence-electron chi connectivity index (χ1n) is 4.56. The summed E-state index contributed by atoms with van der Waals surface area (Å²) in [7, 11) is 0. The third kappa shape index (κ3) is 1.75. The first-order chi connectivity index (χ1) is 7.84. The normalized spacial score (nSPS) is 10.8. The Hall–Kier alpha value is -0.910. The minimum atomic E-state index is 0.990. The Balaban J connectivity index is 2.03. The predicted octanol–water partition coefficient (Wildman–Crippen LogP) is 4.89. The van der Waals surface area contributed by atoms with E-state index in [2.05, 4.69) is 31.7 Å². The Kier molecular flexibility index (Phi) is 2.67. The summed E-state index contributed by atoms with van der Waals surface area (Å²) in [5, 5.41) is 5.11. The van der Waals surface area contributed by atoms with Gasteiger partial charge in [0.2, 0.25) is 0 Å². The summed E-state index contributed by atoms with van der Waals surface area (Å²) >= 11 is 6.83. The van der Waals surface area contributed by atoms with Gasteiger partial charge in [-0.2, -0.15) is 0 Å².